The Kier molecular flexibility index (Phi) is 3.87. The fourth-order valence-corrected chi connectivity index (χ4v) is 2.28. The zero-order valence-electron chi connectivity index (χ0n) is 11.9. The Bertz CT molecular complexity index is 618. The first kappa shape index (κ1) is 13.6. The quantitative estimate of drug-likeness (QED) is 0.855. The van der Waals surface area contributed by atoms with Gasteiger partial charge in [0.25, 0.3) is 5.91 Å². The van der Waals surface area contributed by atoms with Crippen molar-refractivity contribution >= 4 is 5.91 Å². The van der Waals surface area contributed by atoms with Crippen LogP contribution in [0.1, 0.15) is 10.5 Å². The van der Waals surface area contributed by atoms with Crippen LogP contribution in [0.15, 0.2) is 36.5 Å². The molecule has 1 aromatic heterocycles. The molecule has 0 N–H and O–H groups in total. The second-order valence-electron chi connectivity index (χ2n) is 4.73. The van der Waals surface area contributed by atoms with E-state index in [9.17, 15) is 4.79 Å². The number of rotatable bonds is 3. The van der Waals surface area contributed by atoms with E-state index in [-0.39, 0.29) is 5.91 Å². The molecule has 1 amide bonds. The number of carbonyl (C=O) groups is 1. The van der Waals surface area contributed by atoms with Gasteiger partial charge >= 0.3 is 0 Å². The minimum Gasteiger partial charge on any atom is -0.493 e. The summed E-state index contributed by atoms with van der Waals surface area (Å²) < 4.78 is 12.2. The van der Waals surface area contributed by atoms with Crippen molar-refractivity contribution in [3.63, 3.8) is 0 Å². The van der Waals surface area contributed by atoms with Crippen molar-refractivity contribution in [1.29, 1.82) is 0 Å². The second-order valence-corrected chi connectivity index (χ2v) is 4.73. The lowest BCUT2D eigenvalue weighted by Gasteiger charge is -2.26. The molecule has 110 valence electrons. The third-order valence-corrected chi connectivity index (χ3v) is 3.42. The average Bonchev–Trinajstić information content (AvgIpc) is 3.00. The van der Waals surface area contributed by atoms with E-state index in [0.29, 0.717) is 37.7 Å². The Morgan fingerprint density at radius 3 is 2.62 bits per heavy atom. The number of amides is 1. The molecule has 0 unspecified atom stereocenters. The van der Waals surface area contributed by atoms with E-state index in [4.69, 9.17) is 9.47 Å². The van der Waals surface area contributed by atoms with Crippen molar-refractivity contribution < 1.29 is 14.3 Å². The molecular weight excluding hydrogens is 270 g/mol. The van der Waals surface area contributed by atoms with Crippen LogP contribution in [0.3, 0.4) is 0 Å². The molecule has 0 spiro atoms. The van der Waals surface area contributed by atoms with Crippen molar-refractivity contribution in [2.45, 2.75) is 0 Å². The van der Waals surface area contributed by atoms with Gasteiger partial charge in [0.15, 0.2) is 11.4 Å². The Morgan fingerprint density at radius 2 is 1.95 bits per heavy atom. The van der Waals surface area contributed by atoms with Crippen LogP contribution in [0.4, 0.5) is 0 Å². The number of para-hydroxylation sites is 1. The predicted molar refractivity (Wildman–Crippen MR) is 76.8 cm³/mol. The summed E-state index contributed by atoms with van der Waals surface area (Å²) in [6, 6.07) is 9.63. The lowest BCUT2D eigenvalue weighted by Crippen LogP contribution is -2.41. The summed E-state index contributed by atoms with van der Waals surface area (Å²) in [5.74, 6) is 0.361. The maximum atomic E-state index is 12.5. The molecule has 1 aliphatic rings. The van der Waals surface area contributed by atoms with Crippen LogP contribution in [0.25, 0.3) is 5.69 Å². The van der Waals surface area contributed by atoms with Crippen LogP contribution in [0.2, 0.25) is 0 Å². The van der Waals surface area contributed by atoms with Crippen molar-refractivity contribution in [2.75, 3.05) is 33.4 Å². The zero-order valence-corrected chi connectivity index (χ0v) is 11.9. The van der Waals surface area contributed by atoms with Crippen LogP contribution in [-0.2, 0) is 4.74 Å². The number of nitrogens with zero attached hydrogens (tertiary/aromatic N) is 3. The third kappa shape index (κ3) is 2.75. The second kappa shape index (κ2) is 5.97. The van der Waals surface area contributed by atoms with E-state index < -0.39 is 0 Å². The van der Waals surface area contributed by atoms with Gasteiger partial charge in [-0.3, -0.25) is 4.79 Å². The van der Waals surface area contributed by atoms with Crippen LogP contribution < -0.4 is 4.74 Å². The van der Waals surface area contributed by atoms with E-state index in [0.717, 1.165) is 5.69 Å². The molecule has 3 rings (SSSR count). The Labute approximate surface area is 122 Å². The van der Waals surface area contributed by atoms with Gasteiger partial charge in [0, 0.05) is 13.1 Å². The van der Waals surface area contributed by atoms with Crippen molar-refractivity contribution in [3.05, 3.63) is 42.2 Å². The van der Waals surface area contributed by atoms with Crippen molar-refractivity contribution in [2.24, 2.45) is 0 Å². The smallest absolute Gasteiger partial charge is 0.278 e. The minimum atomic E-state index is -0.121. The van der Waals surface area contributed by atoms with Gasteiger partial charge in [0.05, 0.1) is 32.2 Å². The van der Waals surface area contributed by atoms with Crippen molar-refractivity contribution in [3.8, 4) is 11.4 Å². The maximum Gasteiger partial charge on any atom is 0.278 e. The highest BCUT2D eigenvalue weighted by Gasteiger charge is 2.25. The summed E-state index contributed by atoms with van der Waals surface area (Å²) in [5, 5.41) is 4.39. The summed E-state index contributed by atoms with van der Waals surface area (Å²) in [7, 11) is 1.54. The maximum absolute atomic E-state index is 12.5. The van der Waals surface area contributed by atoms with Crippen molar-refractivity contribution in [1.82, 2.24) is 14.7 Å². The third-order valence-electron chi connectivity index (χ3n) is 3.42. The number of benzene rings is 1. The number of hydrogen-bond donors (Lipinski definition) is 0. The van der Waals surface area contributed by atoms with E-state index in [1.54, 1.807) is 22.9 Å². The topological polar surface area (TPSA) is 56.6 Å². The number of aromatic nitrogens is 2. The summed E-state index contributed by atoms with van der Waals surface area (Å²) in [4.78, 5) is 14.3. The lowest BCUT2D eigenvalue weighted by molar-refractivity contribution is 0.0296. The van der Waals surface area contributed by atoms with Gasteiger partial charge in [-0.1, -0.05) is 18.2 Å². The van der Waals surface area contributed by atoms with E-state index >= 15 is 0 Å². The van der Waals surface area contributed by atoms with Gasteiger partial charge in [0.2, 0.25) is 0 Å². The molecule has 6 heteroatoms. The molecule has 2 aromatic rings. The SMILES string of the molecule is COc1cn(-c2ccccc2)nc1C(=O)N1CCOCC1. The van der Waals surface area contributed by atoms with Crippen LogP contribution in [-0.4, -0.2) is 54.0 Å². The fourth-order valence-electron chi connectivity index (χ4n) is 2.28. The minimum absolute atomic E-state index is 0.121. The summed E-state index contributed by atoms with van der Waals surface area (Å²) in [6.07, 6.45) is 1.73. The number of ether oxygens (including phenoxy) is 2. The van der Waals surface area contributed by atoms with Crippen LogP contribution >= 0.6 is 0 Å². The Hall–Kier alpha value is -2.34. The summed E-state index contributed by atoms with van der Waals surface area (Å²) in [5.41, 5.74) is 1.22. The number of carbonyl (C=O) groups excluding carboxylic acids is 1. The molecule has 1 fully saturated rings. The predicted octanol–water partition coefficient (Wildman–Crippen LogP) is 1.35. The van der Waals surface area contributed by atoms with Gasteiger partial charge in [-0.15, -0.1) is 0 Å². The standard InChI is InChI=1S/C15H17N3O3/c1-20-13-11-18(12-5-3-2-4-6-12)16-14(13)15(19)17-7-9-21-10-8-17/h2-6,11H,7-10H2,1H3. The highest BCUT2D eigenvalue weighted by Crippen LogP contribution is 2.21. The average molecular weight is 287 g/mol. The molecule has 1 aromatic carbocycles. The molecule has 1 aliphatic heterocycles. The highest BCUT2D eigenvalue weighted by molar-refractivity contribution is 5.95. The lowest BCUT2D eigenvalue weighted by atomic mass is 10.3. The molecule has 21 heavy (non-hydrogen) atoms. The first-order valence-electron chi connectivity index (χ1n) is 6.85. The molecule has 0 radical (unpaired) electrons. The van der Waals surface area contributed by atoms with E-state index in [2.05, 4.69) is 5.10 Å². The first-order chi connectivity index (χ1) is 10.3. The molecule has 0 aliphatic carbocycles. The molecule has 1 saturated heterocycles. The number of methoxy groups -OCH3 is 1. The molecule has 2 heterocycles. The van der Waals surface area contributed by atoms with Gasteiger partial charge in [-0.2, -0.15) is 5.10 Å². The molecule has 0 atom stereocenters. The molecule has 0 saturated carbocycles. The molecular formula is C15H17N3O3. The highest BCUT2D eigenvalue weighted by atomic mass is 16.5. The van der Waals surface area contributed by atoms with Crippen LogP contribution in [0.5, 0.6) is 5.75 Å². The normalized spacial score (nSPS) is 15.0. The molecule has 6 nitrogen and oxygen atoms in total. The molecule has 0 bridgehead atoms. The fraction of sp³-hybridized carbons (Fsp3) is 0.333. The van der Waals surface area contributed by atoms with Gasteiger partial charge < -0.3 is 14.4 Å². The zero-order chi connectivity index (χ0) is 14.7. The number of morpholine rings is 1. The van der Waals surface area contributed by atoms with Gasteiger partial charge in [-0.05, 0) is 12.1 Å². The largest absolute Gasteiger partial charge is 0.493 e. The monoisotopic (exact) mass is 287 g/mol. The van der Waals surface area contributed by atoms with E-state index in [1.165, 1.54) is 0 Å². The first-order valence-corrected chi connectivity index (χ1v) is 6.85. The van der Waals surface area contributed by atoms with Crippen LogP contribution in [0, 0.1) is 0 Å². The Morgan fingerprint density at radius 1 is 1.24 bits per heavy atom. The Balaban J connectivity index is 1.91. The van der Waals surface area contributed by atoms with E-state index in [1.807, 2.05) is 30.3 Å². The summed E-state index contributed by atoms with van der Waals surface area (Å²) in [6.45, 7) is 2.29. The van der Waals surface area contributed by atoms with Gasteiger partial charge in [-0.25, -0.2) is 4.68 Å². The summed E-state index contributed by atoms with van der Waals surface area (Å²) >= 11 is 0. The number of hydrogen-bond acceptors (Lipinski definition) is 4. The van der Waals surface area contributed by atoms with Gasteiger partial charge in [0.1, 0.15) is 0 Å².